The van der Waals surface area contributed by atoms with Crippen molar-refractivity contribution in [1.29, 1.82) is 0 Å². The SMILES string of the molecule is CC/C=C/C/C=C/C/C=C/C/C=C/C/C=C/C/C=C/CCC(=O)OC[C@H](CO)OC(=O)CCCCCCCCCCCCCCCCCCCC. The minimum Gasteiger partial charge on any atom is -0.462 e. The fourth-order valence-corrected chi connectivity index (χ4v) is 5.64. The number of aliphatic hydroxyl groups is 1. The van der Waals surface area contributed by atoms with Gasteiger partial charge in [-0.1, -0.05) is 196 Å². The topological polar surface area (TPSA) is 72.8 Å². The smallest absolute Gasteiger partial charge is 0.306 e. The highest BCUT2D eigenvalue weighted by Crippen LogP contribution is 2.15. The van der Waals surface area contributed by atoms with E-state index in [0.29, 0.717) is 12.8 Å². The van der Waals surface area contributed by atoms with Crippen molar-refractivity contribution in [2.45, 2.75) is 193 Å². The maximum Gasteiger partial charge on any atom is 0.306 e. The van der Waals surface area contributed by atoms with Gasteiger partial charge in [0.25, 0.3) is 0 Å². The number of unbranched alkanes of at least 4 members (excludes halogenated alkanes) is 17. The summed E-state index contributed by atoms with van der Waals surface area (Å²) in [5.74, 6) is -0.688. The predicted molar refractivity (Wildman–Crippen MR) is 219 cm³/mol. The Balaban J connectivity index is 3.66. The molecule has 1 N–H and O–H groups in total. The molecule has 292 valence electrons. The van der Waals surface area contributed by atoms with Crippen LogP contribution in [0.1, 0.15) is 187 Å². The van der Waals surface area contributed by atoms with E-state index >= 15 is 0 Å². The second kappa shape index (κ2) is 41.8. The van der Waals surface area contributed by atoms with Crippen LogP contribution in [0.15, 0.2) is 72.9 Å². The molecule has 5 nitrogen and oxygen atoms in total. The molecule has 0 aromatic carbocycles. The van der Waals surface area contributed by atoms with Crippen molar-refractivity contribution in [2.24, 2.45) is 0 Å². The third-order valence-corrected chi connectivity index (χ3v) is 8.78. The van der Waals surface area contributed by atoms with Crippen molar-refractivity contribution in [3.8, 4) is 0 Å². The third-order valence-electron chi connectivity index (χ3n) is 8.78. The summed E-state index contributed by atoms with van der Waals surface area (Å²) in [5, 5.41) is 9.56. The molecule has 0 rings (SSSR count). The Hall–Kier alpha value is -2.66. The molecule has 0 bridgehead atoms. The number of aliphatic hydroxyl groups excluding tert-OH is 1. The van der Waals surface area contributed by atoms with E-state index in [9.17, 15) is 14.7 Å². The van der Waals surface area contributed by atoms with Crippen LogP contribution in [-0.2, 0) is 19.1 Å². The standard InChI is InChI=1S/C46H78O5/c1-3-5-7-9-11-13-15-17-19-21-23-25-26-28-30-32-34-36-38-40-45(48)50-43-44(42-47)51-46(49)41-39-37-35-33-31-29-27-24-22-20-18-16-14-12-10-8-6-4-2/h5,7,11,13,17,19,23,25,28,30,34,36,44,47H,3-4,6,8-10,12,14-16,18,20-22,24,26-27,29,31-33,35,37-43H2,1-2H3/b7-5+,13-11+,19-17+,25-23+,30-28+,36-34+/t44-/m0/s1. The molecule has 0 aliphatic heterocycles. The first-order chi connectivity index (χ1) is 25.1. The van der Waals surface area contributed by atoms with Crippen LogP contribution >= 0.6 is 0 Å². The highest BCUT2D eigenvalue weighted by atomic mass is 16.6. The summed E-state index contributed by atoms with van der Waals surface area (Å²) in [6.07, 6.45) is 55.5. The molecule has 51 heavy (non-hydrogen) atoms. The van der Waals surface area contributed by atoms with Gasteiger partial charge in [-0.2, -0.15) is 0 Å². The van der Waals surface area contributed by atoms with Gasteiger partial charge in [-0.25, -0.2) is 0 Å². The largest absolute Gasteiger partial charge is 0.462 e. The molecule has 0 aliphatic rings. The molecule has 0 radical (unpaired) electrons. The van der Waals surface area contributed by atoms with Gasteiger partial charge < -0.3 is 14.6 Å². The Morgan fingerprint density at radius 1 is 0.471 bits per heavy atom. The van der Waals surface area contributed by atoms with Crippen LogP contribution in [-0.4, -0.2) is 36.4 Å². The normalized spacial score (nSPS) is 12.9. The van der Waals surface area contributed by atoms with Gasteiger partial charge in [0.15, 0.2) is 6.10 Å². The lowest BCUT2D eigenvalue weighted by atomic mass is 10.0. The highest BCUT2D eigenvalue weighted by Gasteiger charge is 2.15. The first-order valence-corrected chi connectivity index (χ1v) is 21.0. The summed E-state index contributed by atoms with van der Waals surface area (Å²) >= 11 is 0. The van der Waals surface area contributed by atoms with Crippen molar-refractivity contribution in [1.82, 2.24) is 0 Å². The number of esters is 2. The lowest BCUT2D eigenvalue weighted by Crippen LogP contribution is -2.28. The zero-order valence-corrected chi connectivity index (χ0v) is 33.1. The second-order valence-electron chi connectivity index (χ2n) is 13.7. The second-order valence-corrected chi connectivity index (χ2v) is 13.7. The van der Waals surface area contributed by atoms with Crippen LogP contribution in [0.2, 0.25) is 0 Å². The van der Waals surface area contributed by atoms with Gasteiger partial charge in [-0.05, 0) is 51.4 Å². The molecular weight excluding hydrogens is 633 g/mol. The molecule has 0 aliphatic carbocycles. The molecule has 0 spiro atoms. The van der Waals surface area contributed by atoms with E-state index in [0.717, 1.165) is 57.8 Å². The van der Waals surface area contributed by atoms with Crippen molar-refractivity contribution in [3.05, 3.63) is 72.9 Å². The van der Waals surface area contributed by atoms with Crippen LogP contribution in [0.25, 0.3) is 0 Å². The Labute approximate surface area is 314 Å². The average molecular weight is 711 g/mol. The molecule has 0 fully saturated rings. The lowest BCUT2D eigenvalue weighted by molar-refractivity contribution is -0.161. The van der Waals surface area contributed by atoms with Gasteiger partial charge in [-0.3, -0.25) is 9.59 Å². The fraction of sp³-hybridized carbons (Fsp3) is 0.696. The molecule has 1 atom stereocenters. The lowest BCUT2D eigenvalue weighted by Gasteiger charge is -2.15. The molecule has 0 saturated carbocycles. The first-order valence-electron chi connectivity index (χ1n) is 21.0. The zero-order chi connectivity index (χ0) is 37.1. The van der Waals surface area contributed by atoms with Gasteiger partial charge in [0.05, 0.1) is 6.61 Å². The molecule has 0 heterocycles. The van der Waals surface area contributed by atoms with Gasteiger partial charge in [0, 0.05) is 12.8 Å². The van der Waals surface area contributed by atoms with E-state index in [4.69, 9.17) is 9.47 Å². The van der Waals surface area contributed by atoms with E-state index in [-0.39, 0.29) is 31.6 Å². The van der Waals surface area contributed by atoms with Crippen LogP contribution < -0.4 is 0 Å². The molecule has 0 unspecified atom stereocenters. The maximum atomic E-state index is 12.2. The Morgan fingerprint density at radius 2 is 0.843 bits per heavy atom. The molecular formula is C46H78O5. The van der Waals surface area contributed by atoms with Crippen molar-refractivity contribution < 1.29 is 24.2 Å². The third kappa shape index (κ3) is 40.0. The number of hydrogen-bond donors (Lipinski definition) is 1. The number of carbonyl (C=O) groups is 2. The molecule has 0 aromatic rings. The predicted octanol–water partition coefficient (Wildman–Crippen LogP) is 13.3. The summed E-state index contributed by atoms with van der Waals surface area (Å²) in [6.45, 7) is 3.96. The van der Waals surface area contributed by atoms with Crippen molar-refractivity contribution in [3.63, 3.8) is 0 Å². The quantitative estimate of drug-likeness (QED) is 0.0395. The monoisotopic (exact) mass is 711 g/mol. The van der Waals surface area contributed by atoms with E-state index in [1.54, 1.807) is 0 Å². The highest BCUT2D eigenvalue weighted by molar-refractivity contribution is 5.70. The molecule has 5 heteroatoms. The van der Waals surface area contributed by atoms with Gasteiger partial charge in [0.1, 0.15) is 6.61 Å². The Bertz CT molecular complexity index is 941. The summed E-state index contributed by atoms with van der Waals surface area (Å²) in [6, 6.07) is 0. The fourth-order valence-electron chi connectivity index (χ4n) is 5.64. The van der Waals surface area contributed by atoms with Crippen LogP contribution in [0.3, 0.4) is 0 Å². The van der Waals surface area contributed by atoms with Gasteiger partial charge in [-0.15, -0.1) is 0 Å². The Morgan fingerprint density at radius 3 is 1.24 bits per heavy atom. The summed E-state index contributed by atoms with van der Waals surface area (Å²) in [7, 11) is 0. The van der Waals surface area contributed by atoms with Crippen LogP contribution in [0.5, 0.6) is 0 Å². The van der Waals surface area contributed by atoms with Gasteiger partial charge >= 0.3 is 11.9 Å². The Kier molecular flexibility index (Phi) is 39.6. The number of hydrogen-bond acceptors (Lipinski definition) is 5. The minimum atomic E-state index is -0.803. The summed E-state index contributed by atoms with van der Waals surface area (Å²) < 4.78 is 10.6. The minimum absolute atomic E-state index is 0.107. The average Bonchev–Trinajstić information content (AvgIpc) is 3.13. The van der Waals surface area contributed by atoms with E-state index < -0.39 is 6.10 Å². The van der Waals surface area contributed by atoms with Crippen LogP contribution in [0.4, 0.5) is 0 Å². The molecule has 0 saturated heterocycles. The van der Waals surface area contributed by atoms with Crippen molar-refractivity contribution in [2.75, 3.05) is 13.2 Å². The number of ether oxygens (including phenoxy) is 2. The van der Waals surface area contributed by atoms with E-state index in [1.807, 2.05) is 12.2 Å². The number of allylic oxidation sites excluding steroid dienone is 12. The number of carbonyl (C=O) groups excluding carboxylic acids is 2. The number of rotatable bonds is 37. The molecule has 0 amide bonds. The van der Waals surface area contributed by atoms with E-state index in [1.165, 1.54) is 96.3 Å². The molecule has 0 aromatic heterocycles. The van der Waals surface area contributed by atoms with E-state index in [2.05, 4.69) is 74.6 Å². The zero-order valence-electron chi connectivity index (χ0n) is 33.1. The maximum absolute atomic E-state index is 12.2. The van der Waals surface area contributed by atoms with Crippen molar-refractivity contribution >= 4 is 11.9 Å². The van der Waals surface area contributed by atoms with Gasteiger partial charge in [0.2, 0.25) is 0 Å². The summed E-state index contributed by atoms with van der Waals surface area (Å²) in [4.78, 5) is 24.3. The first kappa shape index (κ1) is 48.3. The summed E-state index contributed by atoms with van der Waals surface area (Å²) in [5.41, 5.74) is 0. The van der Waals surface area contributed by atoms with Crippen LogP contribution in [0, 0.1) is 0 Å².